The molecule has 13 heavy (non-hydrogen) atoms. The Labute approximate surface area is 84.9 Å². The Hall–Kier alpha value is -0.650. The number of halogens is 1. The van der Waals surface area contributed by atoms with Crippen LogP contribution >= 0.6 is 15.9 Å². The van der Waals surface area contributed by atoms with Gasteiger partial charge in [0.2, 0.25) is 0 Å². The predicted octanol–water partition coefficient (Wildman–Crippen LogP) is 0.845. The van der Waals surface area contributed by atoms with Crippen LogP contribution in [-0.2, 0) is 0 Å². The first-order valence-electron chi connectivity index (χ1n) is 3.74. The van der Waals surface area contributed by atoms with E-state index in [1.54, 1.807) is 12.4 Å². The smallest absolute Gasteiger partial charge is 0.143 e. The Morgan fingerprint density at radius 1 is 1.69 bits per heavy atom. The maximum absolute atomic E-state index is 8.91. The van der Waals surface area contributed by atoms with E-state index in [0.29, 0.717) is 5.75 Å². The molecule has 0 aliphatic rings. The fourth-order valence-corrected chi connectivity index (χ4v) is 1.65. The minimum absolute atomic E-state index is 0.126. The number of aliphatic hydroxyl groups is 1. The Balaban J connectivity index is 3.14. The van der Waals surface area contributed by atoms with Crippen LogP contribution in [-0.4, -0.2) is 23.8 Å². The number of methoxy groups -OCH3 is 1. The summed E-state index contributed by atoms with van der Waals surface area (Å²) in [7, 11) is 1.54. The summed E-state index contributed by atoms with van der Waals surface area (Å²) < 4.78 is 5.81. The monoisotopic (exact) mass is 246 g/mol. The highest BCUT2D eigenvalue weighted by atomic mass is 79.9. The quantitative estimate of drug-likeness (QED) is 0.830. The molecular weight excluding hydrogens is 236 g/mol. The summed E-state index contributed by atoms with van der Waals surface area (Å²) in [5.74, 6) is 0.580. The highest BCUT2D eigenvalue weighted by molar-refractivity contribution is 9.10. The molecule has 3 N–H and O–H groups in total. The average Bonchev–Trinajstić information content (AvgIpc) is 2.16. The first kappa shape index (κ1) is 10.4. The van der Waals surface area contributed by atoms with Crippen molar-refractivity contribution in [3.8, 4) is 5.75 Å². The predicted molar refractivity (Wildman–Crippen MR) is 52.5 cm³/mol. The van der Waals surface area contributed by atoms with Gasteiger partial charge in [0.05, 0.1) is 26.0 Å². The van der Waals surface area contributed by atoms with Crippen LogP contribution in [0, 0.1) is 0 Å². The van der Waals surface area contributed by atoms with Crippen LogP contribution in [0.15, 0.2) is 16.9 Å². The summed E-state index contributed by atoms with van der Waals surface area (Å²) in [6, 6.07) is -0.452. The normalized spacial score (nSPS) is 12.6. The molecule has 1 aromatic rings. The molecule has 0 aliphatic heterocycles. The van der Waals surface area contributed by atoms with Gasteiger partial charge in [-0.3, -0.25) is 4.98 Å². The highest BCUT2D eigenvalue weighted by Gasteiger charge is 2.14. The van der Waals surface area contributed by atoms with Gasteiger partial charge in [0, 0.05) is 16.2 Å². The summed E-state index contributed by atoms with van der Waals surface area (Å²) >= 11 is 3.30. The van der Waals surface area contributed by atoms with Gasteiger partial charge in [-0.1, -0.05) is 0 Å². The Morgan fingerprint density at radius 3 is 2.92 bits per heavy atom. The van der Waals surface area contributed by atoms with Crippen LogP contribution in [0.4, 0.5) is 0 Å². The van der Waals surface area contributed by atoms with Gasteiger partial charge in [-0.2, -0.15) is 0 Å². The van der Waals surface area contributed by atoms with E-state index in [4.69, 9.17) is 15.6 Å². The van der Waals surface area contributed by atoms with E-state index in [-0.39, 0.29) is 6.61 Å². The molecule has 1 rings (SSSR count). The summed E-state index contributed by atoms with van der Waals surface area (Å²) in [4.78, 5) is 3.92. The van der Waals surface area contributed by atoms with E-state index in [9.17, 15) is 0 Å². The number of hydrogen-bond donors (Lipinski definition) is 2. The first-order chi connectivity index (χ1) is 6.20. The van der Waals surface area contributed by atoms with Crippen molar-refractivity contribution in [3.63, 3.8) is 0 Å². The molecule has 0 bridgehead atoms. The molecule has 0 amide bonds. The molecule has 72 valence electrons. The third-order valence-corrected chi connectivity index (χ3v) is 2.32. The van der Waals surface area contributed by atoms with Gasteiger partial charge < -0.3 is 15.6 Å². The van der Waals surface area contributed by atoms with Gasteiger partial charge in [0.25, 0.3) is 0 Å². The van der Waals surface area contributed by atoms with Crippen LogP contribution in [0.1, 0.15) is 11.6 Å². The van der Waals surface area contributed by atoms with E-state index < -0.39 is 6.04 Å². The summed E-state index contributed by atoms with van der Waals surface area (Å²) in [5, 5.41) is 8.91. The topological polar surface area (TPSA) is 68.4 Å². The van der Waals surface area contributed by atoms with Crippen molar-refractivity contribution >= 4 is 15.9 Å². The molecule has 4 nitrogen and oxygen atoms in total. The van der Waals surface area contributed by atoms with E-state index in [0.717, 1.165) is 10.0 Å². The zero-order valence-electron chi connectivity index (χ0n) is 7.20. The van der Waals surface area contributed by atoms with Crippen LogP contribution < -0.4 is 10.5 Å². The van der Waals surface area contributed by atoms with Crippen molar-refractivity contribution in [2.75, 3.05) is 13.7 Å². The SMILES string of the molecule is COc1cncc(Br)c1[C@H](N)CO. The lowest BCUT2D eigenvalue weighted by Crippen LogP contribution is -2.16. The average molecular weight is 247 g/mol. The number of aliphatic hydroxyl groups excluding tert-OH is 1. The molecule has 0 aromatic carbocycles. The fourth-order valence-electron chi connectivity index (χ4n) is 1.04. The minimum atomic E-state index is -0.452. The fraction of sp³-hybridized carbons (Fsp3) is 0.375. The zero-order valence-corrected chi connectivity index (χ0v) is 8.78. The third-order valence-electron chi connectivity index (χ3n) is 1.69. The van der Waals surface area contributed by atoms with Crippen LogP contribution in [0.25, 0.3) is 0 Å². The number of nitrogens with zero attached hydrogens (tertiary/aromatic N) is 1. The molecule has 1 atom stereocenters. The van der Waals surface area contributed by atoms with Gasteiger partial charge in [0.1, 0.15) is 5.75 Å². The van der Waals surface area contributed by atoms with Gasteiger partial charge in [-0.25, -0.2) is 0 Å². The molecular formula is C8H11BrN2O2. The van der Waals surface area contributed by atoms with E-state index in [1.807, 2.05) is 0 Å². The molecule has 5 heteroatoms. The lowest BCUT2D eigenvalue weighted by molar-refractivity contribution is 0.264. The van der Waals surface area contributed by atoms with Crippen LogP contribution in [0.3, 0.4) is 0 Å². The highest BCUT2D eigenvalue weighted by Crippen LogP contribution is 2.29. The van der Waals surface area contributed by atoms with E-state index >= 15 is 0 Å². The van der Waals surface area contributed by atoms with Crippen LogP contribution in [0.5, 0.6) is 5.75 Å². The summed E-state index contributed by atoms with van der Waals surface area (Å²) in [6.45, 7) is -0.126. The standard InChI is InChI=1S/C8H11BrN2O2/c1-13-7-3-11-2-5(9)8(7)6(10)4-12/h2-3,6,12H,4,10H2,1H3/t6-/m1/s1. The molecule has 1 heterocycles. The van der Waals surface area contributed by atoms with Crippen molar-refractivity contribution in [2.45, 2.75) is 6.04 Å². The Kier molecular flexibility index (Phi) is 3.65. The minimum Gasteiger partial charge on any atom is -0.495 e. The Morgan fingerprint density at radius 2 is 2.38 bits per heavy atom. The summed E-state index contributed by atoms with van der Waals surface area (Å²) in [5.41, 5.74) is 6.42. The lowest BCUT2D eigenvalue weighted by Gasteiger charge is -2.14. The van der Waals surface area contributed by atoms with E-state index in [2.05, 4.69) is 20.9 Å². The molecule has 0 saturated heterocycles. The molecule has 0 aliphatic carbocycles. The number of hydrogen-bond acceptors (Lipinski definition) is 4. The number of aromatic nitrogens is 1. The number of pyridine rings is 1. The second-order valence-electron chi connectivity index (χ2n) is 2.53. The summed E-state index contributed by atoms with van der Waals surface area (Å²) in [6.07, 6.45) is 3.18. The van der Waals surface area contributed by atoms with Gasteiger partial charge >= 0.3 is 0 Å². The lowest BCUT2D eigenvalue weighted by atomic mass is 10.1. The molecule has 0 radical (unpaired) electrons. The maximum Gasteiger partial charge on any atom is 0.143 e. The van der Waals surface area contributed by atoms with Crippen molar-refractivity contribution in [3.05, 3.63) is 22.4 Å². The van der Waals surface area contributed by atoms with Gasteiger partial charge in [-0.15, -0.1) is 0 Å². The maximum atomic E-state index is 8.91. The van der Waals surface area contributed by atoms with Crippen molar-refractivity contribution in [2.24, 2.45) is 5.73 Å². The first-order valence-corrected chi connectivity index (χ1v) is 4.53. The van der Waals surface area contributed by atoms with Gasteiger partial charge in [-0.05, 0) is 15.9 Å². The third kappa shape index (κ3) is 2.18. The van der Waals surface area contributed by atoms with Crippen LogP contribution in [0.2, 0.25) is 0 Å². The van der Waals surface area contributed by atoms with Crippen molar-refractivity contribution in [1.82, 2.24) is 4.98 Å². The molecule has 0 fully saturated rings. The second kappa shape index (κ2) is 4.55. The molecule has 0 spiro atoms. The Bertz CT molecular complexity index is 293. The zero-order chi connectivity index (χ0) is 9.84. The molecule has 1 aromatic heterocycles. The number of nitrogens with two attached hydrogens (primary N) is 1. The van der Waals surface area contributed by atoms with Crippen molar-refractivity contribution in [1.29, 1.82) is 0 Å². The number of ether oxygens (including phenoxy) is 1. The van der Waals surface area contributed by atoms with Crippen molar-refractivity contribution < 1.29 is 9.84 Å². The molecule has 0 unspecified atom stereocenters. The van der Waals surface area contributed by atoms with Gasteiger partial charge in [0.15, 0.2) is 0 Å². The molecule has 0 saturated carbocycles. The second-order valence-corrected chi connectivity index (χ2v) is 3.38. The largest absolute Gasteiger partial charge is 0.495 e. The number of rotatable bonds is 3. The van der Waals surface area contributed by atoms with E-state index in [1.165, 1.54) is 7.11 Å².